The van der Waals surface area contributed by atoms with Crippen molar-refractivity contribution in [3.05, 3.63) is 54.1 Å². The molecule has 0 aromatic heterocycles. The number of rotatable bonds is 9. The van der Waals surface area contributed by atoms with Gasteiger partial charge in [0, 0.05) is 24.7 Å². The molecule has 2 aliphatic rings. The maximum absolute atomic E-state index is 12.0. The van der Waals surface area contributed by atoms with E-state index in [4.69, 9.17) is 14.2 Å². The third kappa shape index (κ3) is 7.11. The molecule has 7 nitrogen and oxygen atoms in total. The summed E-state index contributed by atoms with van der Waals surface area (Å²) >= 11 is 0. The van der Waals surface area contributed by atoms with E-state index < -0.39 is 0 Å². The van der Waals surface area contributed by atoms with Crippen LogP contribution in [0, 0.1) is 0 Å². The van der Waals surface area contributed by atoms with Crippen molar-refractivity contribution in [3.8, 4) is 17.2 Å². The highest BCUT2D eigenvalue weighted by Gasteiger charge is 2.25. The number of fused-ring (bicyclic) bond motifs is 1. The predicted octanol–water partition coefficient (Wildman–Crippen LogP) is 2.98. The molecule has 0 saturated heterocycles. The molecule has 7 heteroatoms. The summed E-state index contributed by atoms with van der Waals surface area (Å²) in [6.07, 6.45) is 4.07. The molecular formula is C26H35N3O4. The maximum Gasteiger partial charge on any atom is 0.234 e. The van der Waals surface area contributed by atoms with E-state index in [9.17, 15) is 4.79 Å². The molecule has 0 radical (unpaired) electrons. The normalized spacial score (nSPS) is 22.1. The van der Waals surface area contributed by atoms with Crippen molar-refractivity contribution in [2.24, 2.45) is 0 Å². The monoisotopic (exact) mass is 453 g/mol. The first-order valence-corrected chi connectivity index (χ1v) is 11.8. The van der Waals surface area contributed by atoms with Crippen LogP contribution in [-0.4, -0.2) is 62.8 Å². The fraction of sp³-hybridized carbons (Fsp3) is 0.500. The Balaban J connectivity index is 1.20. The van der Waals surface area contributed by atoms with E-state index in [1.807, 2.05) is 67.5 Å². The van der Waals surface area contributed by atoms with Gasteiger partial charge in [-0.1, -0.05) is 30.3 Å². The first-order chi connectivity index (χ1) is 16.0. The van der Waals surface area contributed by atoms with Gasteiger partial charge in [-0.3, -0.25) is 4.79 Å². The summed E-state index contributed by atoms with van der Waals surface area (Å²) in [5, 5.41) is 6.78. The first-order valence-electron chi connectivity index (χ1n) is 11.8. The number of nitrogens with one attached hydrogen (secondary N) is 2. The summed E-state index contributed by atoms with van der Waals surface area (Å²) in [5.74, 6) is 2.36. The van der Waals surface area contributed by atoms with Gasteiger partial charge < -0.3 is 29.7 Å². The number of hydrogen-bond donors (Lipinski definition) is 2. The largest absolute Gasteiger partial charge is 0.489 e. The number of likely N-dealkylation sites (N-methyl/N-ethyl adjacent to an activating group) is 1. The van der Waals surface area contributed by atoms with Crippen molar-refractivity contribution in [2.75, 3.05) is 33.8 Å². The third-order valence-corrected chi connectivity index (χ3v) is 6.07. The maximum atomic E-state index is 12.0. The average molecular weight is 454 g/mol. The molecule has 1 fully saturated rings. The number of ether oxygens (including phenoxy) is 3. The number of amides is 1. The molecule has 4 rings (SSSR count). The molecule has 178 valence electrons. The molecule has 2 N–H and O–H groups in total. The second-order valence-electron chi connectivity index (χ2n) is 9.20. The lowest BCUT2D eigenvalue weighted by Crippen LogP contribution is -2.47. The van der Waals surface area contributed by atoms with Crippen molar-refractivity contribution in [1.82, 2.24) is 15.5 Å². The molecule has 0 unspecified atom stereocenters. The van der Waals surface area contributed by atoms with Crippen molar-refractivity contribution in [1.29, 1.82) is 0 Å². The highest BCUT2D eigenvalue weighted by atomic mass is 16.6. The topological polar surface area (TPSA) is 72.1 Å². The Hall–Kier alpha value is -2.77. The lowest BCUT2D eigenvalue weighted by molar-refractivity contribution is -0.122. The van der Waals surface area contributed by atoms with Crippen molar-refractivity contribution in [3.63, 3.8) is 0 Å². The Labute approximate surface area is 196 Å². The van der Waals surface area contributed by atoms with E-state index in [1.54, 1.807) is 0 Å². The van der Waals surface area contributed by atoms with Gasteiger partial charge in [-0.15, -0.1) is 0 Å². The van der Waals surface area contributed by atoms with Gasteiger partial charge in [-0.25, -0.2) is 0 Å². The SMILES string of the molecule is CN(C)CC(=O)NC1CCC(NC[C@@H]2COc3ccc(OCc4ccccc4)cc3O2)CC1. The minimum absolute atomic E-state index is 0.0422. The summed E-state index contributed by atoms with van der Waals surface area (Å²) in [5.41, 5.74) is 1.13. The Kier molecular flexibility index (Phi) is 8.07. The molecule has 1 heterocycles. The average Bonchev–Trinajstić information content (AvgIpc) is 2.82. The van der Waals surface area contributed by atoms with Crippen LogP contribution < -0.4 is 24.8 Å². The second kappa shape index (κ2) is 11.4. The highest BCUT2D eigenvalue weighted by Crippen LogP contribution is 2.35. The lowest BCUT2D eigenvalue weighted by atomic mass is 9.91. The van der Waals surface area contributed by atoms with Crippen LogP contribution in [0.2, 0.25) is 0 Å². The Morgan fingerprint density at radius 3 is 2.55 bits per heavy atom. The molecule has 33 heavy (non-hydrogen) atoms. The van der Waals surface area contributed by atoms with Crippen molar-refractivity contribution in [2.45, 2.75) is 50.5 Å². The van der Waals surface area contributed by atoms with E-state index in [1.165, 1.54) is 0 Å². The number of carbonyl (C=O) groups is 1. The zero-order chi connectivity index (χ0) is 23.0. The smallest absolute Gasteiger partial charge is 0.234 e. The van der Waals surface area contributed by atoms with Gasteiger partial charge in [-0.05, 0) is 57.5 Å². The fourth-order valence-electron chi connectivity index (χ4n) is 4.33. The molecule has 2 aromatic carbocycles. The number of hydrogen-bond acceptors (Lipinski definition) is 6. The Morgan fingerprint density at radius 2 is 1.79 bits per heavy atom. The molecule has 1 aliphatic heterocycles. The third-order valence-electron chi connectivity index (χ3n) is 6.07. The zero-order valence-electron chi connectivity index (χ0n) is 19.6. The van der Waals surface area contributed by atoms with Gasteiger partial charge in [-0.2, -0.15) is 0 Å². The molecule has 0 spiro atoms. The molecule has 1 aliphatic carbocycles. The highest BCUT2D eigenvalue weighted by molar-refractivity contribution is 5.78. The predicted molar refractivity (Wildman–Crippen MR) is 128 cm³/mol. The first kappa shape index (κ1) is 23.4. The van der Waals surface area contributed by atoms with Crippen LogP contribution in [0.1, 0.15) is 31.2 Å². The van der Waals surface area contributed by atoms with E-state index in [2.05, 4.69) is 10.6 Å². The number of carbonyl (C=O) groups excluding carboxylic acids is 1. The van der Waals surface area contributed by atoms with Crippen LogP contribution in [0.25, 0.3) is 0 Å². The van der Waals surface area contributed by atoms with Crippen LogP contribution in [0.4, 0.5) is 0 Å². The molecule has 1 atom stereocenters. The van der Waals surface area contributed by atoms with Gasteiger partial charge in [0.15, 0.2) is 11.5 Å². The summed E-state index contributed by atoms with van der Waals surface area (Å²) in [6.45, 7) is 2.22. The molecule has 2 aromatic rings. The number of benzene rings is 2. The van der Waals surface area contributed by atoms with Crippen LogP contribution in [-0.2, 0) is 11.4 Å². The summed E-state index contributed by atoms with van der Waals surface area (Å²) in [4.78, 5) is 13.9. The van der Waals surface area contributed by atoms with Crippen LogP contribution in [0.15, 0.2) is 48.5 Å². The number of nitrogens with zero attached hydrogens (tertiary/aromatic N) is 1. The quantitative estimate of drug-likeness (QED) is 0.608. The molecule has 1 saturated carbocycles. The Morgan fingerprint density at radius 1 is 1.03 bits per heavy atom. The summed E-state index contributed by atoms with van der Waals surface area (Å²) in [6, 6.07) is 16.6. The van der Waals surface area contributed by atoms with Gasteiger partial charge in [0.05, 0.1) is 6.54 Å². The van der Waals surface area contributed by atoms with Crippen molar-refractivity contribution < 1.29 is 19.0 Å². The summed E-state index contributed by atoms with van der Waals surface area (Å²) < 4.78 is 18.0. The van der Waals surface area contributed by atoms with E-state index >= 15 is 0 Å². The van der Waals surface area contributed by atoms with Crippen molar-refractivity contribution >= 4 is 5.91 Å². The van der Waals surface area contributed by atoms with Gasteiger partial charge >= 0.3 is 0 Å². The molecular weight excluding hydrogens is 418 g/mol. The minimum Gasteiger partial charge on any atom is -0.489 e. The Bertz CT molecular complexity index is 898. The van der Waals surface area contributed by atoms with Gasteiger partial charge in [0.2, 0.25) is 5.91 Å². The lowest BCUT2D eigenvalue weighted by Gasteiger charge is -2.32. The van der Waals surface area contributed by atoms with E-state index in [0.717, 1.165) is 55.0 Å². The van der Waals surface area contributed by atoms with Gasteiger partial charge in [0.25, 0.3) is 0 Å². The zero-order valence-corrected chi connectivity index (χ0v) is 19.6. The van der Waals surface area contributed by atoms with Crippen LogP contribution in [0.3, 0.4) is 0 Å². The van der Waals surface area contributed by atoms with Crippen LogP contribution in [0.5, 0.6) is 17.2 Å². The fourth-order valence-corrected chi connectivity index (χ4v) is 4.33. The van der Waals surface area contributed by atoms with Gasteiger partial charge in [0.1, 0.15) is 25.1 Å². The van der Waals surface area contributed by atoms with E-state index in [-0.39, 0.29) is 18.1 Å². The summed E-state index contributed by atoms with van der Waals surface area (Å²) in [7, 11) is 3.82. The second-order valence-corrected chi connectivity index (χ2v) is 9.20. The minimum atomic E-state index is -0.0422. The standard InChI is InChI=1S/C26H35N3O4/c1-29(2)16-26(30)28-21-10-8-20(9-11-21)27-15-23-18-32-24-13-12-22(14-25(24)33-23)31-17-19-6-4-3-5-7-19/h3-7,12-14,20-21,23,27H,8-11,15-18H2,1-2H3,(H,28,30)/t20?,21?,23-/m1/s1. The molecule has 1 amide bonds. The molecule has 0 bridgehead atoms. The van der Waals surface area contributed by atoms with E-state index in [0.29, 0.717) is 25.8 Å². The van der Waals surface area contributed by atoms with Crippen LogP contribution >= 0.6 is 0 Å².